The smallest absolute Gasteiger partial charge is 0.319 e. The molecular formula is C23H27N5O4S. The number of likely N-dealkylation sites (tertiary alicyclic amines) is 1. The van der Waals surface area contributed by atoms with E-state index in [1.807, 2.05) is 42.2 Å². The Morgan fingerprint density at radius 3 is 2.55 bits per heavy atom. The Kier molecular flexibility index (Phi) is 7.05. The molecule has 1 aliphatic rings. The third-order valence-corrected chi connectivity index (χ3v) is 6.79. The molecule has 3 amide bonds. The molecule has 0 saturated carbocycles. The van der Waals surface area contributed by atoms with E-state index >= 15 is 0 Å². The van der Waals surface area contributed by atoms with E-state index in [4.69, 9.17) is 9.47 Å². The van der Waals surface area contributed by atoms with Crippen LogP contribution in [0.15, 0.2) is 30.3 Å². The van der Waals surface area contributed by atoms with Crippen molar-refractivity contribution in [1.82, 2.24) is 20.2 Å². The van der Waals surface area contributed by atoms with Gasteiger partial charge in [0.1, 0.15) is 11.4 Å². The molecule has 3 heterocycles. The quantitative estimate of drug-likeness (QED) is 0.572. The minimum absolute atomic E-state index is 0.0174. The van der Waals surface area contributed by atoms with Gasteiger partial charge in [-0.1, -0.05) is 18.2 Å². The highest BCUT2D eigenvalue weighted by molar-refractivity contribution is 7.20. The number of carbonyl (C=O) groups excluding carboxylic acids is 2. The molecule has 9 nitrogen and oxygen atoms in total. The molecule has 4 rings (SSSR count). The molecule has 2 aromatic heterocycles. The molecule has 1 aromatic carbocycles. The first kappa shape index (κ1) is 22.9. The minimum Gasteiger partial charge on any atom is -0.480 e. The summed E-state index contributed by atoms with van der Waals surface area (Å²) in [7, 11) is 3.14. The number of rotatable bonds is 6. The topological polar surface area (TPSA) is 106 Å². The molecule has 0 radical (unpaired) electrons. The van der Waals surface area contributed by atoms with Crippen molar-refractivity contribution in [3.63, 3.8) is 0 Å². The summed E-state index contributed by atoms with van der Waals surface area (Å²) >= 11 is 1.35. The molecule has 0 bridgehead atoms. The number of fused-ring (bicyclic) bond motifs is 1. The zero-order valence-corrected chi connectivity index (χ0v) is 19.7. The van der Waals surface area contributed by atoms with E-state index in [-0.39, 0.29) is 24.6 Å². The van der Waals surface area contributed by atoms with Crippen LogP contribution >= 0.6 is 11.3 Å². The Hall–Kier alpha value is -3.24. The third-order valence-electron chi connectivity index (χ3n) is 5.61. The third kappa shape index (κ3) is 5.07. The number of aromatic nitrogens is 2. The van der Waals surface area contributed by atoms with Gasteiger partial charge in [0.25, 0.3) is 5.91 Å². The predicted octanol–water partition coefficient (Wildman–Crippen LogP) is 3.58. The van der Waals surface area contributed by atoms with Crippen molar-refractivity contribution < 1.29 is 19.1 Å². The summed E-state index contributed by atoms with van der Waals surface area (Å²) in [5, 5.41) is 6.60. The molecule has 33 heavy (non-hydrogen) atoms. The van der Waals surface area contributed by atoms with Gasteiger partial charge < -0.3 is 25.0 Å². The van der Waals surface area contributed by atoms with E-state index in [1.54, 1.807) is 14.2 Å². The number of para-hydroxylation sites is 1. The zero-order chi connectivity index (χ0) is 23.4. The summed E-state index contributed by atoms with van der Waals surface area (Å²) in [4.78, 5) is 37.7. The SMILES string of the molecule is COCc1nc(OC)c2c(C)c(C(=O)N3CCC(NC(=O)Nc4ccccc4)CC3)sc2n1. The van der Waals surface area contributed by atoms with Gasteiger partial charge in [-0.25, -0.2) is 9.78 Å². The van der Waals surface area contributed by atoms with E-state index in [1.165, 1.54) is 11.3 Å². The standard InChI is InChI=1S/C23H27N5O4S/c1-14-18-20(32-3)26-17(13-31-2)27-21(18)33-19(14)22(29)28-11-9-16(10-12-28)25-23(30)24-15-7-5-4-6-8-15/h4-8,16H,9-13H2,1-3H3,(H2,24,25,30). The van der Waals surface area contributed by atoms with E-state index in [2.05, 4.69) is 20.6 Å². The lowest BCUT2D eigenvalue weighted by Crippen LogP contribution is -2.47. The van der Waals surface area contributed by atoms with Crippen LogP contribution in [0.25, 0.3) is 10.2 Å². The second-order valence-electron chi connectivity index (χ2n) is 7.85. The van der Waals surface area contributed by atoms with Gasteiger partial charge in [-0.2, -0.15) is 4.98 Å². The van der Waals surface area contributed by atoms with Crippen LogP contribution in [-0.2, 0) is 11.3 Å². The van der Waals surface area contributed by atoms with Crippen molar-refractivity contribution in [2.75, 3.05) is 32.6 Å². The predicted molar refractivity (Wildman–Crippen MR) is 127 cm³/mol. The van der Waals surface area contributed by atoms with Crippen LogP contribution in [-0.4, -0.2) is 60.2 Å². The molecule has 10 heteroatoms. The Bertz CT molecular complexity index is 1140. The Morgan fingerprint density at radius 2 is 1.88 bits per heavy atom. The summed E-state index contributed by atoms with van der Waals surface area (Å²) in [6.07, 6.45) is 1.39. The van der Waals surface area contributed by atoms with Gasteiger partial charge >= 0.3 is 6.03 Å². The van der Waals surface area contributed by atoms with Crippen LogP contribution in [0, 0.1) is 6.92 Å². The number of thiophene rings is 1. The maximum Gasteiger partial charge on any atom is 0.319 e. The second-order valence-corrected chi connectivity index (χ2v) is 8.85. The van der Waals surface area contributed by atoms with Crippen molar-refractivity contribution in [2.45, 2.75) is 32.4 Å². The number of nitrogens with one attached hydrogen (secondary N) is 2. The summed E-state index contributed by atoms with van der Waals surface area (Å²) in [6, 6.07) is 9.10. The van der Waals surface area contributed by atoms with Gasteiger partial charge in [0.05, 0.1) is 17.4 Å². The molecule has 1 fully saturated rings. The van der Waals surface area contributed by atoms with Crippen LogP contribution in [0.2, 0.25) is 0 Å². The monoisotopic (exact) mass is 469 g/mol. The zero-order valence-electron chi connectivity index (χ0n) is 18.9. The van der Waals surface area contributed by atoms with Crippen molar-refractivity contribution in [1.29, 1.82) is 0 Å². The van der Waals surface area contributed by atoms with Gasteiger partial charge in [-0.3, -0.25) is 4.79 Å². The van der Waals surface area contributed by atoms with E-state index in [9.17, 15) is 9.59 Å². The number of aryl methyl sites for hydroxylation is 1. The van der Waals surface area contributed by atoms with Crippen molar-refractivity contribution in [3.8, 4) is 5.88 Å². The van der Waals surface area contributed by atoms with Crippen LogP contribution in [0.4, 0.5) is 10.5 Å². The van der Waals surface area contributed by atoms with Crippen molar-refractivity contribution >= 4 is 39.2 Å². The lowest BCUT2D eigenvalue weighted by atomic mass is 10.0. The number of piperidine rings is 1. The number of hydrogen-bond acceptors (Lipinski definition) is 7. The van der Waals surface area contributed by atoms with Crippen molar-refractivity contribution in [2.24, 2.45) is 0 Å². The first-order valence-electron chi connectivity index (χ1n) is 10.7. The largest absolute Gasteiger partial charge is 0.480 e. The number of amides is 3. The Balaban J connectivity index is 1.41. The fraction of sp³-hybridized carbons (Fsp3) is 0.391. The molecule has 0 aliphatic carbocycles. The number of urea groups is 1. The van der Waals surface area contributed by atoms with Gasteiger partial charge in [0, 0.05) is 31.9 Å². The number of carbonyl (C=O) groups is 2. The highest BCUT2D eigenvalue weighted by Crippen LogP contribution is 2.36. The summed E-state index contributed by atoms with van der Waals surface area (Å²) < 4.78 is 10.6. The van der Waals surface area contributed by atoms with Gasteiger partial charge in [0.15, 0.2) is 5.82 Å². The maximum absolute atomic E-state index is 13.3. The van der Waals surface area contributed by atoms with Crippen LogP contribution in [0.1, 0.15) is 33.9 Å². The van der Waals surface area contributed by atoms with Gasteiger partial charge in [-0.15, -0.1) is 11.3 Å². The normalized spacial score (nSPS) is 14.3. The number of benzene rings is 1. The minimum atomic E-state index is -0.233. The lowest BCUT2D eigenvalue weighted by molar-refractivity contribution is 0.0713. The molecular weight excluding hydrogens is 442 g/mol. The van der Waals surface area contributed by atoms with Crippen LogP contribution < -0.4 is 15.4 Å². The van der Waals surface area contributed by atoms with E-state index in [0.717, 1.165) is 16.6 Å². The van der Waals surface area contributed by atoms with Gasteiger partial charge in [0.2, 0.25) is 5.88 Å². The first-order valence-corrected chi connectivity index (χ1v) is 11.6. The number of nitrogens with zero attached hydrogens (tertiary/aromatic N) is 3. The number of ether oxygens (including phenoxy) is 2. The van der Waals surface area contributed by atoms with Crippen molar-refractivity contribution in [3.05, 3.63) is 46.6 Å². The summed E-state index contributed by atoms with van der Waals surface area (Å²) in [5.41, 5.74) is 1.57. The molecule has 3 aromatic rings. The highest BCUT2D eigenvalue weighted by Gasteiger charge is 2.28. The van der Waals surface area contributed by atoms with Crippen LogP contribution in [0.3, 0.4) is 0 Å². The number of anilines is 1. The molecule has 0 spiro atoms. The summed E-state index contributed by atoms with van der Waals surface area (Å²) in [6.45, 7) is 3.31. The number of methoxy groups -OCH3 is 2. The van der Waals surface area contributed by atoms with Gasteiger partial charge in [-0.05, 0) is 37.5 Å². The molecule has 0 atom stereocenters. The Labute approximate surface area is 196 Å². The Morgan fingerprint density at radius 1 is 1.15 bits per heavy atom. The maximum atomic E-state index is 13.3. The second kappa shape index (κ2) is 10.1. The van der Waals surface area contributed by atoms with E-state index in [0.29, 0.717) is 47.3 Å². The molecule has 2 N–H and O–H groups in total. The molecule has 0 unspecified atom stereocenters. The molecule has 1 saturated heterocycles. The highest BCUT2D eigenvalue weighted by atomic mass is 32.1. The fourth-order valence-electron chi connectivity index (χ4n) is 3.93. The lowest BCUT2D eigenvalue weighted by Gasteiger charge is -2.32. The average Bonchev–Trinajstić information content (AvgIpc) is 3.15. The number of hydrogen-bond donors (Lipinski definition) is 2. The first-order chi connectivity index (χ1) is 16.0. The van der Waals surface area contributed by atoms with E-state index < -0.39 is 0 Å². The molecule has 1 aliphatic heterocycles. The summed E-state index contributed by atoms with van der Waals surface area (Å²) in [5.74, 6) is 0.938. The fourth-order valence-corrected chi connectivity index (χ4v) is 5.09. The average molecular weight is 470 g/mol. The van der Waals surface area contributed by atoms with Crippen LogP contribution in [0.5, 0.6) is 5.88 Å². The molecule has 174 valence electrons.